The summed E-state index contributed by atoms with van der Waals surface area (Å²) < 4.78 is 10.4. The van der Waals surface area contributed by atoms with E-state index in [0.29, 0.717) is 5.76 Å². The average molecular weight is 299 g/mol. The third-order valence-electron chi connectivity index (χ3n) is 3.77. The number of rotatable bonds is 4. The number of hydrogen-bond donors (Lipinski definition) is 1. The van der Waals surface area contributed by atoms with Gasteiger partial charge in [0.2, 0.25) is 11.2 Å². The van der Waals surface area contributed by atoms with E-state index in [0.717, 1.165) is 12.8 Å². The molecule has 0 spiro atoms. The van der Waals surface area contributed by atoms with Gasteiger partial charge in [-0.15, -0.1) is 0 Å². The third kappa shape index (κ3) is 3.03. The predicted octanol–water partition coefficient (Wildman–Crippen LogP) is 1.61. The van der Waals surface area contributed by atoms with Crippen molar-refractivity contribution in [3.05, 3.63) is 63.7 Å². The van der Waals surface area contributed by atoms with E-state index < -0.39 is 0 Å². The number of fused-ring (bicyclic) bond motifs is 1. The van der Waals surface area contributed by atoms with Gasteiger partial charge in [0.15, 0.2) is 6.61 Å². The highest BCUT2D eigenvalue weighted by atomic mass is 16.5. The number of hydrogen-bond acceptors (Lipinski definition) is 4. The van der Waals surface area contributed by atoms with Gasteiger partial charge in [-0.25, -0.2) is 0 Å². The fourth-order valence-corrected chi connectivity index (χ4v) is 2.74. The summed E-state index contributed by atoms with van der Waals surface area (Å²) in [5, 5.41) is 2.94. The van der Waals surface area contributed by atoms with E-state index in [2.05, 4.69) is 17.4 Å². The summed E-state index contributed by atoms with van der Waals surface area (Å²) in [5.74, 6) is 0.224. The lowest BCUT2D eigenvalue weighted by Gasteiger charge is -2.12. The minimum absolute atomic E-state index is 0.0850. The van der Waals surface area contributed by atoms with Crippen molar-refractivity contribution in [1.82, 2.24) is 5.32 Å². The molecule has 0 saturated carbocycles. The molecule has 5 heteroatoms. The van der Waals surface area contributed by atoms with Crippen LogP contribution in [-0.4, -0.2) is 18.6 Å². The molecule has 2 aromatic rings. The number of amides is 1. The van der Waals surface area contributed by atoms with Crippen molar-refractivity contribution >= 4 is 5.91 Å². The van der Waals surface area contributed by atoms with Gasteiger partial charge >= 0.3 is 0 Å². The van der Waals surface area contributed by atoms with Crippen molar-refractivity contribution in [3.63, 3.8) is 0 Å². The highest BCUT2D eigenvalue weighted by molar-refractivity contribution is 5.78. The fourth-order valence-electron chi connectivity index (χ4n) is 2.74. The van der Waals surface area contributed by atoms with Crippen LogP contribution >= 0.6 is 0 Å². The molecule has 3 rings (SSSR count). The topological polar surface area (TPSA) is 68.5 Å². The molecule has 1 amide bonds. The third-order valence-corrected chi connectivity index (χ3v) is 3.77. The first-order valence-corrected chi connectivity index (χ1v) is 7.21. The molecule has 5 nitrogen and oxygen atoms in total. The molecule has 22 heavy (non-hydrogen) atoms. The van der Waals surface area contributed by atoms with Crippen molar-refractivity contribution < 1.29 is 13.9 Å². The molecule has 0 bridgehead atoms. The molecule has 114 valence electrons. The number of benzene rings is 1. The van der Waals surface area contributed by atoms with Crippen molar-refractivity contribution in [3.8, 4) is 5.75 Å². The standard InChI is InChI=1S/C17H17NO4/c1-11-17(15(19)6-7-21-11)22-10-16(20)18-14-8-12-4-2-3-5-13(12)9-14/h2-7,14H,8-10H2,1H3,(H,18,20). The van der Waals surface area contributed by atoms with Gasteiger partial charge in [-0.05, 0) is 30.9 Å². The number of ether oxygens (including phenoxy) is 1. The molecule has 0 fully saturated rings. The molecule has 1 heterocycles. The van der Waals surface area contributed by atoms with E-state index >= 15 is 0 Å². The largest absolute Gasteiger partial charge is 0.476 e. The molecule has 1 aliphatic carbocycles. The van der Waals surface area contributed by atoms with Gasteiger partial charge in [-0.1, -0.05) is 24.3 Å². The van der Waals surface area contributed by atoms with E-state index in [4.69, 9.17) is 9.15 Å². The Morgan fingerprint density at radius 2 is 1.95 bits per heavy atom. The van der Waals surface area contributed by atoms with Gasteiger partial charge < -0.3 is 14.5 Å². The molecule has 0 saturated heterocycles. The second-order valence-electron chi connectivity index (χ2n) is 5.40. The van der Waals surface area contributed by atoms with E-state index in [9.17, 15) is 9.59 Å². The van der Waals surface area contributed by atoms with E-state index in [1.165, 1.54) is 23.5 Å². The van der Waals surface area contributed by atoms with Gasteiger partial charge in [0, 0.05) is 12.1 Å². The number of nitrogens with one attached hydrogen (secondary N) is 1. The lowest BCUT2D eigenvalue weighted by molar-refractivity contribution is -0.123. The van der Waals surface area contributed by atoms with E-state index in [-0.39, 0.29) is 29.7 Å². The maximum absolute atomic E-state index is 12.0. The Kier molecular flexibility index (Phi) is 3.96. The van der Waals surface area contributed by atoms with Gasteiger partial charge in [0.1, 0.15) is 5.76 Å². The summed E-state index contributed by atoms with van der Waals surface area (Å²) in [4.78, 5) is 23.6. The maximum Gasteiger partial charge on any atom is 0.258 e. The minimum Gasteiger partial charge on any atom is -0.476 e. The first-order chi connectivity index (χ1) is 10.6. The van der Waals surface area contributed by atoms with Crippen LogP contribution in [0.4, 0.5) is 0 Å². The monoisotopic (exact) mass is 299 g/mol. The molecular weight excluding hydrogens is 282 g/mol. The molecular formula is C17H17NO4. The van der Waals surface area contributed by atoms with Crippen molar-refractivity contribution in [2.24, 2.45) is 0 Å². The zero-order chi connectivity index (χ0) is 15.5. The van der Waals surface area contributed by atoms with E-state index in [1.807, 2.05) is 12.1 Å². The van der Waals surface area contributed by atoms with Gasteiger partial charge in [-0.2, -0.15) is 0 Å². The van der Waals surface area contributed by atoms with Crippen LogP contribution in [0.3, 0.4) is 0 Å². The molecule has 1 N–H and O–H groups in total. The summed E-state index contributed by atoms with van der Waals surface area (Å²) in [7, 11) is 0. The highest BCUT2D eigenvalue weighted by Crippen LogP contribution is 2.21. The van der Waals surface area contributed by atoms with Crippen LogP contribution in [0.5, 0.6) is 5.75 Å². The Balaban J connectivity index is 1.55. The van der Waals surface area contributed by atoms with Crippen LogP contribution in [-0.2, 0) is 17.6 Å². The Hall–Kier alpha value is -2.56. The molecule has 1 aromatic heterocycles. The molecule has 0 radical (unpaired) electrons. The van der Waals surface area contributed by atoms with Crippen LogP contribution in [0.2, 0.25) is 0 Å². The SMILES string of the molecule is Cc1occc(=O)c1OCC(=O)NC1Cc2ccccc2C1. The lowest BCUT2D eigenvalue weighted by Crippen LogP contribution is -2.38. The van der Waals surface area contributed by atoms with Crippen molar-refractivity contribution in [1.29, 1.82) is 0 Å². The molecule has 0 aliphatic heterocycles. The minimum atomic E-state index is -0.287. The number of carbonyl (C=O) groups excluding carboxylic acids is 1. The van der Waals surface area contributed by atoms with Gasteiger partial charge in [0.25, 0.3) is 5.91 Å². The first kappa shape index (κ1) is 14.4. The van der Waals surface area contributed by atoms with Crippen LogP contribution in [0.25, 0.3) is 0 Å². The van der Waals surface area contributed by atoms with Gasteiger partial charge in [0.05, 0.1) is 6.26 Å². The smallest absolute Gasteiger partial charge is 0.258 e. The zero-order valence-corrected chi connectivity index (χ0v) is 12.3. The van der Waals surface area contributed by atoms with Crippen LogP contribution in [0.15, 0.2) is 45.8 Å². The number of carbonyl (C=O) groups is 1. The zero-order valence-electron chi connectivity index (χ0n) is 12.3. The number of aryl methyl sites for hydroxylation is 1. The Morgan fingerprint density at radius 1 is 1.27 bits per heavy atom. The fraction of sp³-hybridized carbons (Fsp3) is 0.294. The van der Waals surface area contributed by atoms with Crippen LogP contribution in [0.1, 0.15) is 16.9 Å². The summed E-state index contributed by atoms with van der Waals surface area (Å²) >= 11 is 0. The summed E-state index contributed by atoms with van der Waals surface area (Å²) in [6.07, 6.45) is 2.96. The first-order valence-electron chi connectivity index (χ1n) is 7.21. The predicted molar refractivity (Wildman–Crippen MR) is 81.0 cm³/mol. The highest BCUT2D eigenvalue weighted by Gasteiger charge is 2.22. The second-order valence-corrected chi connectivity index (χ2v) is 5.40. The second kappa shape index (κ2) is 6.05. The maximum atomic E-state index is 12.0. The Labute approximate surface area is 127 Å². The average Bonchev–Trinajstić information content (AvgIpc) is 2.88. The quantitative estimate of drug-likeness (QED) is 0.931. The Bertz CT molecular complexity index is 725. The molecule has 0 unspecified atom stereocenters. The normalized spacial score (nSPS) is 13.7. The lowest BCUT2D eigenvalue weighted by atomic mass is 10.1. The molecule has 1 aliphatic rings. The summed E-state index contributed by atoms with van der Waals surface area (Å²) in [6.45, 7) is 1.44. The summed E-state index contributed by atoms with van der Waals surface area (Å²) in [6, 6.07) is 9.52. The molecule has 0 atom stereocenters. The Morgan fingerprint density at radius 3 is 2.59 bits per heavy atom. The van der Waals surface area contributed by atoms with E-state index in [1.54, 1.807) is 6.92 Å². The molecule has 1 aromatic carbocycles. The van der Waals surface area contributed by atoms with Crippen LogP contribution < -0.4 is 15.5 Å². The van der Waals surface area contributed by atoms with Crippen molar-refractivity contribution in [2.45, 2.75) is 25.8 Å². The van der Waals surface area contributed by atoms with Gasteiger partial charge in [-0.3, -0.25) is 9.59 Å². The summed E-state index contributed by atoms with van der Waals surface area (Å²) in [5.41, 5.74) is 2.26. The van der Waals surface area contributed by atoms with Crippen LogP contribution in [0, 0.1) is 6.92 Å². The van der Waals surface area contributed by atoms with Crippen molar-refractivity contribution in [2.75, 3.05) is 6.61 Å².